The monoisotopic (exact) mass is 207 g/mol. The SMILES string of the molecule is C=C(S)Nc1ccc(N)c(C=N)c1C. The zero-order valence-electron chi connectivity index (χ0n) is 7.96. The number of anilines is 2. The molecule has 0 spiro atoms. The molecule has 0 radical (unpaired) electrons. The minimum atomic E-state index is 0.564. The predicted molar refractivity (Wildman–Crippen MR) is 65.2 cm³/mol. The minimum absolute atomic E-state index is 0.564. The third kappa shape index (κ3) is 2.09. The Morgan fingerprint density at radius 3 is 2.79 bits per heavy atom. The second-order valence-corrected chi connectivity index (χ2v) is 3.50. The number of nitrogens with one attached hydrogen (secondary N) is 2. The second-order valence-electron chi connectivity index (χ2n) is 2.96. The van der Waals surface area contributed by atoms with Gasteiger partial charge in [0, 0.05) is 23.2 Å². The maximum absolute atomic E-state index is 7.23. The molecule has 0 aromatic heterocycles. The number of hydrogen-bond acceptors (Lipinski definition) is 4. The van der Waals surface area contributed by atoms with Gasteiger partial charge in [0.05, 0.1) is 5.03 Å². The summed E-state index contributed by atoms with van der Waals surface area (Å²) in [5, 5.41) is 10.8. The first-order valence-electron chi connectivity index (χ1n) is 4.10. The van der Waals surface area contributed by atoms with Crippen molar-refractivity contribution in [1.82, 2.24) is 0 Å². The molecule has 14 heavy (non-hydrogen) atoms. The third-order valence-corrected chi connectivity index (χ3v) is 2.08. The Morgan fingerprint density at radius 1 is 1.64 bits per heavy atom. The molecule has 74 valence electrons. The molecule has 0 fully saturated rings. The zero-order valence-corrected chi connectivity index (χ0v) is 8.86. The molecule has 4 heteroatoms. The fourth-order valence-electron chi connectivity index (χ4n) is 1.23. The first-order valence-corrected chi connectivity index (χ1v) is 4.55. The molecule has 0 unspecified atom stereocenters. The second kappa shape index (κ2) is 4.19. The van der Waals surface area contributed by atoms with E-state index >= 15 is 0 Å². The van der Waals surface area contributed by atoms with Crippen molar-refractivity contribution in [2.75, 3.05) is 11.1 Å². The molecule has 3 nitrogen and oxygen atoms in total. The van der Waals surface area contributed by atoms with Crippen molar-refractivity contribution in [3.8, 4) is 0 Å². The van der Waals surface area contributed by atoms with Crippen LogP contribution in [0.4, 0.5) is 11.4 Å². The normalized spacial score (nSPS) is 9.57. The average molecular weight is 207 g/mol. The third-order valence-electron chi connectivity index (χ3n) is 1.97. The van der Waals surface area contributed by atoms with Crippen LogP contribution in [0.25, 0.3) is 0 Å². The van der Waals surface area contributed by atoms with Gasteiger partial charge in [0.2, 0.25) is 0 Å². The molecule has 1 aromatic carbocycles. The maximum atomic E-state index is 7.23. The van der Waals surface area contributed by atoms with Gasteiger partial charge >= 0.3 is 0 Å². The van der Waals surface area contributed by atoms with Crippen molar-refractivity contribution in [1.29, 1.82) is 5.41 Å². The summed E-state index contributed by atoms with van der Waals surface area (Å²) in [7, 11) is 0. The van der Waals surface area contributed by atoms with Gasteiger partial charge in [-0.15, -0.1) is 12.6 Å². The molecule has 4 N–H and O–H groups in total. The minimum Gasteiger partial charge on any atom is -0.398 e. The standard InChI is InChI=1S/C10H13N3S/c1-6-8(5-11)9(12)3-4-10(6)13-7(2)14/h3-5,11,13-14H,2,12H2,1H3. The smallest absolute Gasteiger partial charge is 0.0621 e. The summed E-state index contributed by atoms with van der Waals surface area (Å²) < 4.78 is 0. The van der Waals surface area contributed by atoms with E-state index in [1.165, 1.54) is 6.21 Å². The van der Waals surface area contributed by atoms with Crippen LogP contribution in [0, 0.1) is 12.3 Å². The lowest BCUT2D eigenvalue weighted by Crippen LogP contribution is -2.01. The Labute approximate surface area is 88.9 Å². The van der Waals surface area contributed by atoms with Gasteiger partial charge in [-0.25, -0.2) is 0 Å². The molecular formula is C10H13N3S. The van der Waals surface area contributed by atoms with Gasteiger partial charge in [-0.1, -0.05) is 6.58 Å². The lowest BCUT2D eigenvalue weighted by atomic mass is 10.1. The fraction of sp³-hybridized carbons (Fsp3) is 0.100. The van der Waals surface area contributed by atoms with Gasteiger partial charge < -0.3 is 16.5 Å². The highest BCUT2D eigenvalue weighted by molar-refractivity contribution is 7.84. The summed E-state index contributed by atoms with van der Waals surface area (Å²) in [4.78, 5) is 0. The van der Waals surface area contributed by atoms with Crippen LogP contribution in [0.1, 0.15) is 11.1 Å². The van der Waals surface area contributed by atoms with E-state index in [1.807, 2.05) is 13.0 Å². The van der Waals surface area contributed by atoms with E-state index < -0.39 is 0 Å². The van der Waals surface area contributed by atoms with Gasteiger partial charge in [0.15, 0.2) is 0 Å². The molecule has 0 aliphatic rings. The van der Waals surface area contributed by atoms with E-state index in [2.05, 4.69) is 24.5 Å². The van der Waals surface area contributed by atoms with E-state index in [0.29, 0.717) is 10.7 Å². The van der Waals surface area contributed by atoms with Crippen LogP contribution in [0.15, 0.2) is 23.7 Å². The number of hydrogen-bond donors (Lipinski definition) is 4. The van der Waals surface area contributed by atoms with Crippen molar-refractivity contribution >= 4 is 30.2 Å². The topological polar surface area (TPSA) is 61.9 Å². The van der Waals surface area contributed by atoms with Crippen LogP contribution in [-0.4, -0.2) is 6.21 Å². The number of benzene rings is 1. The Hall–Kier alpha value is -1.42. The highest BCUT2D eigenvalue weighted by atomic mass is 32.1. The molecule has 0 bridgehead atoms. The molecule has 1 aromatic rings. The highest BCUT2D eigenvalue weighted by Gasteiger charge is 2.05. The van der Waals surface area contributed by atoms with Crippen molar-refractivity contribution in [3.05, 3.63) is 34.9 Å². The van der Waals surface area contributed by atoms with Gasteiger partial charge in [0.25, 0.3) is 0 Å². The van der Waals surface area contributed by atoms with E-state index in [4.69, 9.17) is 11.1 Å². The zero-order chi connectivity index (χ0) is 10.7. The van der Waals surface area contributed by atoms with Crippen molar-refractivity contribution in [2.24, 2.45) is 0 Å². The number of thiol groups is 1. The van der Waals surface area contributed by atoms with Crippen molar-refractivity contribution < 1.29 is 0 Å². The molecule has 0 atom stereocenters. The lowest BCUT2D eigenvalue weighted by molar-refractivity contribution is 1.40. The largest absolute Gasteiger partial charge is 0.398 e. The quantitative estimate of drug-likeness (QED) is 0.349. The van der Waals surface area contributed by atoms with E-state index in [0.717, 1.165) is 16.8 Å². The van der Waals surface area contributed by atoms with Gasteiger partial charge in [-0.05, 0) is 24.6 Å². The molecule has 0 saturated heterocycles. The molecule has 1 rings (SSSR count). The van der Waals surface area contributed by atoms with E-state index in [1.54, 1.807) is 6.07 Å². The van der Waals surface area contributed by atoms with Crippen molar-refractivity contribution in [2.45, 2.75) is 6.92 Å². The van der Waals surface area contributed by atoms with Crippen molar-refractivity contribution in [3.63, 3.8) is 0 Å². The summed E-state index contributed by atoms with van der Waals surface area (Å²) in [6, 6.07) is 3.60. The predicted octanol–water partition coefficient (Wildman–Crippen LogP) is 2.39. The van der Waals surface area contributed by atoms with Crippen LogP contribution in [0.2, 0.25) is 0 Å². The average Bonchev–Trinajstić information content (AvgIpc) is 2.10. The Bertz CT molecular complexity index is 385. The molecule has 0 amide bonds. The molecule has 0 aliphatic carbocycles. The van der Waals surface area contributed by atoms with E-state index in [9.17, 15) is 0 Å². The summed E-state index contributed by atoms with van der Waals surface area (Å²) in [5.41, 5.74) is 8.84. The Balaban J connectivity index is 3.20. The Kier molecular flexibility index (Phi) is 3.19. The Morgan fingerprint density at radius 2 is 2.29 bits per heavy atom. The summed E-state index contributed by atoms with van der Waals surface area (Å²) in [6.07, 6.45) is 1.25. The molecule has 0 saturated carbocycles. The van der Waals surface area contributed by atoms with Gasteiger partial charge in [-0.3, -0.25) is 0 Å². The summed E-state index contributed by atoms with van der Waals surface area (Å²) >= 11 is 4.05. The number of nitrogen functional groups attached to an aromatic ring is 1. The highest BCUT2D eigenvalue weighted by Crippen LogP contribution is 2.24. The van der Waals surface area contributed by atoms with Gasteiger partial charge in [-0.2, -0.15) is 0 Å². The number of rotatable bonds is 3. The fourth-order valence-corrected chi connectivity index (χ4v) is 1.35. The van der Waals surface area contributed by atoms with Crippen LogP contribution in [0.3, 0.4) is 0 Å². The number of nitrogens with two attached hydrogens (primary N) is 1. The lowest BCUT2D eigenvalue weighted by Gasteiger charge is -2.12. The van der Waals surface area contributed by atoms with Crippen LogP contribution < -0.4 is 11.1 Å². The van der Waals surface area contributed by atoms with Crippen LogP contribution >= 0.6 is 12.6 Å². The first-order chi connectivity index (χ1) is 6.56. The van der Waals surface area contributed by atoms with Crippen LogP contribution in [0.5, 0.6) is 0 Å². The van der Waals surface area contributed by atoms with E-state index in [-0.39, 0.29) is 0 Å². The molecule has 0 heterocycles. The van der Waals surface area contributed by atoms with Gasteiger partial charge in [0.1, 0.15) is 0 Å². The van der Waals surface area contributed by atoms with Crippen LogP contribution in [-0.2, 0) is 0 Å². The summed E-state index contributed by atoms with van der Waals surface area (Å²) in [5.74, 6) is 0. The molecule has 0 aliphatic heterocycles. The first kappa shape index (κ1) is 10.7. The maximum Gasteiger partial charge on any atom is 0.0621 e. The summed E-state index contributed by atoms with van der Waals surface area (Å²) in [6.45, 7) is 5.53. The molecular weight excluding hydrogens is 194 g/mol.